The number of hydrogen-bond acceptors (Lipinski definition) is 4. The Bertz CT molecular complexity index is 862. The minimum Gasteiger partial charge on any atom is -0.464 e. The van der Waals surface area contributed by atoms with Crippen molar-refractivity contribution in [3.8, 4) is 6.07 Å². The van der Waals surface area contributed by atoms with Gasteiger partial charge >= 0.3 is 12.1 Å². The molecule has 0 saturated carbocycles. The third-order valence-corrected chi connectivity index (χ3v) is 3.48. The van der Waals surface area contributed by atoms with Crippen molar-refractivity contribution in [2.45, 2.75) is 6.42 Å². The van der Waals surface area contributed by atoms with Crippen LogP contribution in [0.2, 0.25) is 0 Å². The van der Waals surface area contributed by atoms with Crippen molar-refractivity contribution in [3.63, 3.8) is 0 Å². The molecule has 2 aromatic rings. The Morgan fingerprint density at radius 2 is 2.14 bits per heavy atom. The van der Waals surface area contributed by atoms with E-state index in [2.05, 4.69) is 5.32 Å². The van der Waals surface area contributed by atoms with Gasteiger partial charge in [-0.25, -0.2) is 9.59 Å². The number of carbonyl (C=O) groups is 3. The molecule has 0 radical (unpaired) electrons. The first kappa shape index (κ1) is 13.6. The first-order valence-electron chi connectivity index (χ1n) is 6.41. The van der Waals surface area contributed by atoms with E-state index in [1.807, 2.05) is 6.07 Å². The number of nitrogens with one attached hydrogen (secondary N) is 1. The van der Waals surface area contributed by atoms with Crippen molar-refractivity contribution >= 4 is 34.6 Å². The lowest BCUT2D eigenvalue weighted by Crippen LogP contribution is -2.49. The van der Waals surface area contributed by atoms with E-state index >= 15 is 0 Å². The molecule has 22 heavy (non-hydrogen) atoms. The van der Waals surface area contributed by atoms with Gasteiger partial charge in [0.25, 0.3) is 0 Å². The Labute approximate surface area is 124 Å². The summed E-state index contributed by atoms with van der Waals surface area (Å²) in [6.45, 7) is 0.175. The molecule has 3 amide bonds. The van der Waals surface area contributed by atoms with Gasteiger partial charge in [0.15, 0.2) is 0 Å². The topological polar surface area (TPSA) is 115 Å². The number of carboxylic acid groups (broad SMARTS) is 1. The third kappa shape index (κ3) is 2.05. The minimum atomic E-state index is -1.19. The van der Waals surface area contributed by atoms with Gasteiger partial charge in [-0.1, -0.05) is 0 Å². The Hall–Kier alpha value is -3.34. The lowest BCUT2D eigenvalue weighted by molar-refractivity contribution is -0.120. The van der Waals surface area contributed by atoms with Crippen LogP contribution >= 0.6 is 0 Å². The average Bonchev–Trinajstić information content (AvgIpc) is 2.90. The van der Waals surface area contributed by atoms with Gasteiger partial charge in [-0.3, -0.25) is 19.6 Å². The maximum atomic E-state index is 11.9. The lowest BCUT2D eigenvalue weighted by atomic mass is 10.1. The number of hydrogen-bond donors (Lipinski definition) is 2. The molecule has 0 spiro atoms. The van der Waals surface area contributed by atoms with Gasteiger partial charge in [0.2, 0.25) is 5.91 Å². The smallest absolute Gasteiger partial charge is 0.416 e. The summed E-state index contributed by atoms with van der Waals surface area (Å²) in [6.07, 6.45) is 0.303. The molecule has 3 rings (SSSR count). The number of rotatable bonds is 1. The van der Waals surface area contributed by atoms with Crippen LogP contribution in [0.1, 0.15) is 12.0 Å². The second-order valence-electron chi connectivity index (χ2n) is 4.76. The second kappa shape index (κ2) is 4.89. The lowest BCUT2D eigenvalue weighted by Gasteiger charge is -2.26. The molecule has 1 aliphatic heterocycles. The number of urea groups is 1. The largest absolute Gasteiger partial charge is 0.464 e. The quantitative estimate of drug-likeness (QED) is 0.827. The first-order valence-corrected chi connectivity index (χ1v) is 6.41. The van der Waals surface area contributed by atoms with Crippen LogP contribution in [0.15, 0.2) is 24.4 Å². The van der Waals surface area contributed by atoms with Gasteiger partial charge in [0.1, 0.15) is 0 Å². The highest BCUT2D eigenvalue weighted by Crippen LogP contribution is 2.28. The highest BCUT2D eigenvalue weighted by molar-refractivity contribution is 6.07. The van der Waals surface area contributed by atoms with Crippen LogP contribution in [0, 0.1) is 11.3 Å². The molecular formula is C14H10N4O4. The fraction of sp³-hybridized carbons (Fsp3) is 0.143. The molecule has 1 aromatic heterocycles. The van der Waals surface area contributed by atoms with Crippen molar-refractivity contribution in [3.05, 3.63) is 30.0 Å². The van der Waals surface area contributed by atoms with E-state index < -0.39 is 12.1 Å². The van der Waals surface area contributed by atoms with Gasteiger partial charge in [-0.2, -0.15) is 5.26 Å². The second-order valence-corrected chi connectivity index (χ2v) is 4.76. The summed E-state index contributed by atoms with van der Waals surface area (Å²) >= 11 is 0. The molecule has 2 heterocycles. The molecule has 8 heteroatoms. The monoisotopic (exact) mass is 298 g/mol. The van der Waals surface area contributed by atoms with Crippen molar-refractivity contribution < 1.29 is 19.5 Å². The zero-order chi connectivity index (χ0) is 15.9. The van der Waals surface area contributed by atoms with Crippen LogP contribution in [0.5, 0.6) is 0 Å². The number of aromatic nitrogens is 1. The van der Waals surface area contributed by atoms with Crippen LogP contribution in [0.25, 0.3) is 10.9 Å². The predicted octanol–water partition coefficient (Wildman–Crippen LogP) is 1.49. The number of fused-ring (bicyclic) bond motifs is 1. The first-order chi connectivity index (χ1) is 10.5. The zero-order valence-electron chi connectivity index (χ0n) is 11.2. The summed E-state index contributed by atoms with van der Waals surface area (Å²) < 4.78 is 0.979. The van der Waals surface area contributed by atoms with E-state index in [-0.39, 0.29) is 24.4 Å². The minimum absolute atomic E-state index is 0.144. The van der Waals surface area contributed by atoms with E-state index in [9.17, 15) is 19.6 Å². The van der Waals surface area contributed by atoms with Crippen molar-refractivity contribution in [1.29, 1.82) is 5.26 Å². The molecule has 1 aromatic carbocycles. The average molecular weight is 298 g/mol. The van der Waals surface area contributed by atoms with E-state index in [1.165, 1.54) is 29.3 Å². The molecule has 0 aliphatic carbocycles. The summed E-state index contributed by atoms with van der Waals surface area (Å²) in [7, 11) is 0. The van der Waals surface area contributed by atoms with Gasteiger partial charge in [-0.15, -0.1) is 0 Å². The predicted molar refractivity (Wildman–Crippen MR) is 75.6 cm³/mol. The van der Waals surface area contributed by atoms with Crippen LogP contribution in [-0.4, -0.2) is 34.2 Å². The van der Waals surface area contributed by atoms with E-state index in [0.29, 0.717) is 16.6 Å². The molecule has 0 bridgehead atoms. The fourth-order valence-corrected chi connectivity index (χ4v) is 2.45. The highest BCUT2D eigenvalue weighted by atomic mass is 16.4. The summed E-state index contributed by atoms with van der Waals surface area (Å²) in [5.74, 6) is -0.364. The number of nitrogens with zero attached hydrogens (tertiary/aromatic N) is 3. The van der Waals surface area contributed by atoms with Crippen LogP contribution in [0.3, 0.4) is 0 Å². The van der Waals surface area contributed by atoms with Crippen molar-refractivity contribution in [2.75, 3.05) is 11.4 Å². The van der Waals surface area contributed by atoms with Crippen LogP contribution < -0.4 is 10.2 Å². The van der Waals surface area contributed by atoms with E-state index in [4.69, 9.17) is 5.11 Å². The summed E-state index contributed by atoms with van der Waals surface area (Å²) in [5, 5.41) is 21.1. The van der Waals surface area contributed by atoms with E-state index in [0.717, 1.165) is 4.57 Å². The Kier molecular flexibility index (Phi) is 3.03. The van der Waals surface area contributed by atoms with Crippen LogP contribution in [0.4, 0.5) is 15.3 Å². The number of amides is 3. The standard InChI is InChI=1S/C14H10N4O4/c15-7-8-5-9(17-4-2-12(19)16-13(17)20)6-11-10(8)1-3-18(11)14(21)22/h1,3,5-6H,2,4H2,(H,21,22)(H,16,19,20). The Morgan fingerprint density at radius 3 is 2.77 bits per heavy atom. The Morgan fingerprint density at radius 1 is 1.36 bits per heavy atom. The molecule has 0 atom stereocenters. The molecule has 110 valence electrons. The van der Waals surface area contributed by atoms with Gasteiger partial charge < -0.3 is 5.11 Å². The zero-order valence-corrected chi connectivity index (χ0v) is 11.2. The molecule has 1 fully saturated rings. The van der Waals surface area contributed by atoms with Crippen LogP contribution in [-0.2, 0) is 4.79 Å². The van der Waals surface area contributed by atoms with Crippen molar-refractivity contribution in [1.82, 2.24) is 9.88 Å². The number of carbonyl (C=O) groups excluding carboxylic acids is 2. The van der Waals surface area contributed by atoms with Gasteiger partial charge in [0.05, 0.1) is 17.1 Å². The Balaban J connectivity index is 2.16. The van der Waals surface area contributed by atoms with Crippen molar-refractivity contribution in [2.24, 2.45) is 0 Å². The summed E-state index contributed by atoms with van der Waals surface area (Å²) in [6, 6.07) is 5.95. The summed E-state index contributed by atoms with van der Waals surface area (Å²) in [5.41, 5.74) is 0.943. The number of imide groups is 1. The number of benzene rings is 1. The van der Waals surface area contributed by atoms with Gasteiger partial charge in [-0.05, 0) is 18.2 Å². The highest BCUT2D eigenvalue weighted by Gasteiger charge is 2.25. The number of nitriles is 1. The molecule has 1 aliphatic rings. The van der Waals surface area contributed by atoms with Gasteiger partial charge in [0, 0.05) is 30.2 Å². The maximum absolute atomic E-state index is 11.9. The fourth-order valence-electron chi connectivity index (χ4n) is 2.45. The van der Waals surface area contributed by atoms with E-state index in [1.54, 1.807) is 0 Å². The number of anilines is 1. The normalized spacial score (nSPS) is 14.8. The molecular weight excluding hydrogens is 288 g/mol. The SMILES string of the molecule is N#Cc1cc(N2CCC(=O)NC2=O)cc2c1ccn2C(=O)O. The molecule has 0 unspecified atom stereocenters. The maximum Gasteiger partial charge on any atom is 0.416 e. The third-order valence-electron chi connectivity index (χ3n) is 3.48. The summed E-state index contributed by atoms with van der Waals surface area (Å²) in [4.78, 5) is 35.6. The molecule has 8 nitrogen and oxygen atoms in total. The molecule has 2 N–H and O–H groups in total. The molecule has 1 saturated heterocycles.